The van der Waals surface area contributed by atoms with Crippen LogP contribution in [0.3, 0.4) is 0 Å². The summed E-state index contributed by atoms with van der Waals surface area (Å²) in [5.41, 5.74) is 1.56. The van der Waals surface area contributed by atoms with Gasteiger partial charge < -0.3 is 0 Å². The second kappa shape index (κ2) is 9.27. The molecule has 96 valence electrons. The van der Waals surface area contributed by atoms with Gasteiger partial charge in [-0.05, 0) is 24.3 Å². The van der Waals surface area contributed by atoms with Gasteiger partial charge in [0.25, 0.3) is 0 Å². The van der Waals surface area contributed by atoms with Crippen molar-refractivity contribution in [2.45, 2.75) is 71.1 Å². The van der Waals surface area contributed by atoms with Crippen molar-refractivity contribution in [1.82, 2.24) is 0 Å². The zero-order chi connectivity index (χ0) is 12.3. The predicted molar refractivity (Wildman–Crippen MR) is 77.5 cm³/mol. The molecular formula is C17H28. The summed E-state index contributed by atoms with van der Waals surface area (Å²) in [5.74, 6) is 0.800. The molecule has 0 bridgehead atoms. The van der Waals surface area contributed by atoms with Crippen LogP contribution in [0.2, 0.25) is 0 Å². The lowest BCUT2D eigenvalue weighted by Gasteiger charge is -2.17. The monoisotopic (exact) mass is 232 g/mol. The Bertz CT molecular complexity index is 253. The minimum absolute atomic E-state index is 0.800. The van der Waals surface area contributed by atoms with E-state index >= 15 is 0 Å². The maximum absolute atomic E-state index is 2.31. The van der Waals surface area contributed by atoms with Gasteiger partial charge >= 0.3 is 0 Å². The molecule has 0 aliphatic heterocycles. The molecule has 0 atom stereocenters. The van der Waals surface area contributed by atoms with Crippen LogP contribution < -0.4 is 0 Å². The van der Waals surface area contributed by atoms with Gasteiger partial charge in [0.15, 0.2) is 0 Å². The summed E-state index contributed by atoms with van der Waals surface area (Å²) in [6.45, 7) is 4.57. The highest BCUT2D eigenvalue weighted by Gasteiger charge is 2.10. The molecule has 0 aliphatic carbocycles. The van der Waals surface area contributed by atoms with Crippen LogP contribution in [0.4, 0.5) is 0 Å². The summed E-state index contributed by atoms with van der Waals surface area (Å²) in [7, 11) is 0. The van der Waals surface area contributed by atoms with Crippen molar-refractivity contribution in [2.75, 3.05) is 0 Å². The van der Waals surface area contributed by atoms with Gasteiger partial charge in [-0.2, -0.15) is 0 Å². The molecule has 0 heteroatoms. The van der Waals surface area contributed by atoms with E-state index in [1.807, 2.05) is 0 Å². The molecule has 0 heterocycles. The molecule has 0 spiro atoms. The SMILES string of the molecule is CCCCCC(CCCCC)c1ccccc1. The Morgan fingerprint density at radius 1 is 0.765 bits per heavy atom. The molecule has 1 aromatic rings. The fourth-order valence-corrected chi connectivity index (χ4v) is 2.48. The van der Waals surface area contributed by atoms with Crippen LogP contribution >= 0.6 is 0 Å². The van der Waals surface area contributed by atoms with Gasteiger partial charge in [0, 0.05) is 0 Å². The quantitative estimate of drug-likeness (QED) is 0.463. The lowest BCUT2D eigenvalue weighted by Crippen LogP contribution is -1.99. The second-order valence-electron chi connectivity index (χ2n) is 5.10. The van der Waals surface area contributed by atoms with Gasteiger partial charge in [-0.25, -0.2) is 0 Å². The van der Waals surface area contributed by atoms with Gasteiger partial charge in [-0.1, -0.05) is 82.7 Å². The topological polar surface area (TPSA) is 0 Å². The Hall–Kier alpha value is -0.780. The molecule has 0 N–H and O–H groups in total. The van der Waals surface area contributed by atoms with E-state index in [1.54, 1.807) is 5.56 Å². The number of benzene rings is 1. The van der Waals surface area contributed by atoms with Crippen molar-refractivity contribution in [3.05, 3.63) is 35.9 Å². The van der Waals surface area contributed by atoms with Crippen molar-refractivity contribution < 1.29 is 0 Å². The molecule has 0 saturated heterocycles. The van der Waals surface area contributed by atoms with Gasteiger partial charge in [-0.3, -0.25) is 0 Å². The number of hydrogen-bond acceptors (Lipinski definition) is 0. The van der Waals surface area contributed by atoms with Crippen LogP contribution in [0.25, 0.3) is 0 Å². The maximum Gasteiger partial charge on any atom is -0.0162 e. The Morgan fingerprint density at radius 3 is 1.76 bits per heavy atom. The first-order valence-electron chi connectivity index (χ1n) is 7.43. The minimum atomic E-state index is 0.800. The second-order valence-corrected chi connectivity index (χ2v) is 5.10. The van der Waals surface area contributed by atoms with Gasteiger partial charge in [0.05, 0.1) is 0 Å². The third-order valence-corrected chi connectivity index (χ3v) is 3.58. The van der Waals surface area contributed by atoms with E-state index in [4.69, 9.17) is 0 Å². The van der Waals surface area contributed by atoms with Crippen molar-refractivity contribution in [1.29, 1.82) is 0 Å². The summed E-state index contributed by atoms with van der Waals surface area (Å²) in [4.78, 5) is 0. The molecule has 0 aromatic heterocycles. The van der Waals surface area contributed by atoms with E-state index in [0.717, 1.165) is 5.92 Å². The standard InChI is InChI=1S/C17H28/c1-3-5-8-12-16(13-9-6-4-2)17-14-10-7-11-15-17/h7,10-11,14-16H,3-6,8-9,12-13H2,1-2H3. The molecule has 0 aliphatic rings. The van der Waals surface area contributed by atoms with Gasteiger partial charge in [0.1, 0.15) is 0 Å². The van der Waals surface area contributed by atoms with E-state index in [1.165, 1.54) is 51.4 Å². The van der Waals surface area contributed by atoms with Crippen LogP contribution in [0.1, 0.15) is 76.7 Å². The summed E-state index contributed by atoms with van der Waals surface area (Å²) in [6.07, 6.45) is 11.0. The van der Waals surface area contributed by atoms with E-state index in [-0.39, 0.29) is 0 Å². The zero-order valence-electron chi connectivity index (χ0n) is 11.6. The van der Waals surface area contributed by atoms with E-state index in [2.05, 4.69) is 44.2 Å². The number of hydrogen-bond donors (Lipinski definition) is 0. The first-order chi connectivity index (χ1) is 8.38. The average molecular weight is 232 g/mol. The largest absolute Gasteiger partial charge is 0.0654 e. The highest BCUT2D eigenvalue weighted by molar-refractivity contribution is 5.19. The van der Waals surface area contributed by atoms with Crippen molar-refractivity contribution in [3.8, 4) is 0 Å². The summed E-state index contributed by atoms with van der Waals surface area (Å²) >= 11 is 0. The van der Waals surface area contributed by atoms with Crippen molar-refractivity contribution in [2.24, 2.45) is 0 Å². The van der Waals surface area contributed by atoms with Crippen LogP contribution in [-0.4, -0.2) is 0 Å². The maximum atomic E-state index is 2.31. The first kappa shape index (κ1) is 14.3. The zero-order valence-corrected chi connectivity index (χ0v) is 11.6. The Kier molecular flexibility index (Phi) is 7.79. The third kappa shape index (κ3) is 5.91. The molecular weight excluding hydrogens is 204 g/mol. The predicted octanol–water partition coefficient (Wildman–Crippen LogP) is 5.93. The lowest BCUT2D eigenvalue weighted by molar-refractivity contribution is 0.506. The minimum Gasteiger partial charge on any atom is -0.0654 e. The van der Waals surface area contributed by atoms with E-state index in [0.29, 0.717) is 0 Å². The van der Waals surface area contributed by atoms with Crippen molar-refractivity contribution >= 4 is 0 Å². The van der Waals surface area contributed by atoms with E-state index in [9.17, 15) is 0 Å². The molecule has 0 nitrogen and oxygen atoms in total. The van der Waals surface area contributed by atoms with Crippen LogP contribution in [0.15, 0.2) is 30.3 Å². The van der Waals surface area contributed by atoms with Crippen LogP contribution in [0.5, 0.6) is 0 Å². The summed E-state index contributed by atoms with van der Waals surface area (Å²) in [6, 6.07) is 11.1. The van der Waals surface area contributed by atoms with Crippen molar-refractivity contribution in [3.63, 3.8) is 0 Å². The highest BCUT2D eigenvalue weighted by Crippen LogP contribution is 2.27. The third-order valence-electron chi connectivity index (χ3n) is 3.58. The molecule has 1 aromatic carbocycles. The van der Waals surface area contributed by atoms with E-state index < -0.39 is 0 Å². The molecule has 1 rings (SSSR count). The van der Waals surface area contributed by atoms with Crippen LogP contribution in [-0.2, 0) is 0 Å². The molecule has 0 saturated carbocycles. The number of unbranched alkanes of at least 4 members (excludes halogenated alkanes) is 4. The molecule has 0 radical (unpaired) electrons. The van der Waals surface area contributed by atoms with Gasteiger partial charge in [0.2, 0.25) is 0 Å². The fraction of sp³-hybridized carbons (Fsp3) is 0.647. The first-order valence-corrected chi connectivity index (χ1v) is 7.43. The summed E-state index contributed by atoms with van der Waals surface area (Å²) in [5, 5.41) is 0. The van der Waals surface area contributed by atoms with Crippen LogP contribution in [0, 0.1) is 0 Å². The molecule has 17 heavy (non-hydrogen) atoms. The Morgan fingerprint density at radius 2 is 1.29 bits per heavy atom. The normalized spacial score (nSPS) is 11.0. The fourth-order valence-electron chi connectivity index (χ4n) is 2.48. The molecule has 0 amide bonds. The van der Waals surface area contributed by atoms with Gasteiger partial charge in [-0.15, -0.1) is 0 Å². The smallest absolute Gasteiger partial charge is 0.0162 e. The molecule has 0 fully saturated rings. The highest BCUT2D eigenvalue weighted by atomic mass is 14.1. The summed E-state index contributed by atoms with van der Waals surface area (Å²) < 4.78 is 0. The number of rotatable bonds is 9. The molecule has 0 unspecified atom stereocenters. The average Bonchev–Trinajstić information content (AvgIpc) is 2.38. The Balaban J connectivity index is 2.46. The Labute approximate surface area is 107 Å². The lowest BCUT2D eigenvalue weighted by atomic mass is 9.88.